The molecule has 1 aromatic heterocycles. The fraction of sp³-hybridized carbons (Fsp3) is 0.444. The van der Waals surface area contributed by atoms with Crippen molar-refractivity contribution in [3.63, 3.8) is 0 Å². The van der Waals surface area contributed by atoms with Gasteiger partial charge in [-0.2, -0.15) is 5.10 Å². The Kier molecular flexibility index (Phi) is 4.94. The van der Waals surface area contributed by atoms with Crippen LogP contribution in [0.15, 0.2) is 41.4 Å². The lowest BCUT2D eigenvalue weighted by atomic mass is 10.0. The quantitative estimate of drug-likeness (QED) is 0.879. The third-order valence-corrected chi connectivity index (χ3v) is 6.72. The number of aromatic nitrogens is 2. The largest absolute Gasteiger partial charge is 0.353 e. The van der Waals surface area contributed by atoms with Crippen LogP contribution < -0.4 is 5.32 Å². The summed E-state index contributed by atoms with van der Waals surface area (Å²) in [5, 5.41) is 6.84. The Morgan fingerprint density at radius 3 is 2.68 bits per heavy atom. The molecule has 0 fully saturated rings. The van der Waals surface area contributed by atoms with E-state index >= 15 is 0 Å². The number of hydrogen-bond acceptors (Lipinski definition) is 4. The zero-order valence-corrected chi connectivity index (χ0v) is 15.3. The second-order valence-electron chi connectivity index (χ2n) is 6.72. The molecule has 2 heterocycles. The summed E-state index contributed by atoms with van der Waals surface area (Å²) in [6, 6.07) is 8.69. The van der Waals surface area contributed by atoms with E-state index in [0.29, 0.717) is 4.90 Å². The highest BCUT2D eigenvalue weighted by atomic mass is 32.2. The van der Waals surface area contributed by atoms with Gasteiger partial charge in [-0.1, -0.05) is 12.1 Å². The average molecular weight is 361 g/mol. The number of carbonyl (C=O) groups is 1. The number of benzene rings is 1. The van der Waals surface area contributed by atoms with Crippen LogP contribution in [-0.4, -0.2) is 35.4 Å². The molecule has 2 aromatic rings. The second kappa shape index (κ2) is 7.00. The lowest BCUT2D eigenvalue weighted by Crippen LogP contribution is -2.40. The van der Waals surface area contributed by atoms with Gasteiger partial charge in [-0.3, -0.25) is 9.48 Å². The second-order valence-corrected chi connectivity index (χ2v) is 9.22. The summed E-state index contributed by atoms with van der Waals surface area (Å²) < 4.78 is 26.2. The summed E-state index contributed by atoms with van der Waals surface area (Å²) in [6.45, 7) is 4.13. The molecule has 3 rings (SSSR count). The molecule has 1 N–H and O–H groups in total. The lowest BCUT2D eigenvalue weighted by Gasteiger charge is -2.24. The van der Waals surface area contributed by atoms with E-state index in [9.17, 15) is 13.2 Å². The van der Waals surface area contributed by atoms with Crippen LogP contribution in [0.5, 0.6) is 0 Å². The number of amides is 1. The van der Waals surface area contributed by atoms with Crippen LogP contribution in [-0.2, 0) is 34.0 Å². The molecule has 0 radical (unpaired) electrons. The molecular weight excluding hydrogens is 338 g/mol. The van der Waals surface area contributed by atoms with Crippen LogP contribution in [0.25, 0.3) is 0 Å². The molecule has 1 aliphatic rings. The predicted molar refractivity (Wildman–Crippen MR) is 94.9 cm³/mol. The van der Waals surface area contributed by atoms with Gasteiger partial charge in [-0.25, -0.2) is 8.42 Å². The standard InChI is InChI=1S/C18H23N3O3S/c1-13(2)25(23,24)17-5-3-14(4-6-17)11-18(22)20-15-8-10-21-16(12-15)7-9-19-21/h3-7,9,13,15H,8,10-12H2,1-2H3,(H,20,22)/t15-/m1/s1. The highest BCUT2D eigenvalue weighted by Crippen LogP contribution is 2.17. The Bertz CT molecular complexity index is 854. The summed E-state index contributed by atoms with van der Waals surface area (Å²) in [5.74, 6) is -0.0440. The molecule has 0 bridgehead atoms. The van der Waals surface area contributed by atoms with Gasteiger partial charge in [0.2, 0.25) is 5.91 Å². The van der Waals surface area contributed by atoms with Gasteiger partial charge >= 0.3 is 0 Å². The molecule has 1 aromatic carbocycles. The molecule has 1 atom stereocenters. The van der Waals surface area contributed by atoms with Gasteiger partial charge < -0.3 is 5.32 Å². The number of nitrogens with zero attached hydrogens (tertiary/aromatic N) is 2. The normalized spacial score (nSPS) is 17.3. The Morgan fingerprint density at radius 2 is 2.00 bits per heavy atom. The lowest BCUT2D eigenvalue weighted by molar-refractivity contribution is -0.121. The Labute approximate surface area is 148 Å². The van der Waals surface area contributed by atoms with E-state index < -0.39 is 15.1 Å². The molecule has 0 unspecified atom stereocenters. The predicted octanol–water partition coefficient (Wildman–Crippen LogP) is 1.74. The van der Waals surface area contributed by atoms with Crippen LogP contribution in [0.1, 0.15) is 31.5 Å². The number of sulfone groups is 1. The van der Waals surface area contributed by atoms with Crippen LogP contribution in [0, 0.1) is 0 Å². The van der Waals surface area contributed by atoms with Crippen molar-refractivity contribution >= 4 is 15.7 Å². The van der Waals surface area contributed by atoms with E-state index in [1.54, 1.807) is 44.3 Å². The SMILES string of the molecule is CC(C)S(=O)(=O)c1ccc(CC(=O)N[C@@H]2CCn3nccc3C2)cc1. The highest BCUT2D eigenvalue weighted by molar-refractivity contribution is 7.92. The first-order chi connectivity index (χ1) is 11.9. The number of aryl methyl sites for hydroxylation is 1. The molecule has 0 saturated heterocycles. The average Bonchev–Trinajstić information content (AvgIpc) is 3.02. The van der Waals surface area contributed by atoms with Gasteiger partial charge in [0, 0.05) is 30.9 Å². The van der Waals surface area contributed by atoms with Crippen molar-refractivity contribution in [3.05, 3.63) is 47.8 Å². The molecule has 6 nitrogen and oxygen atoms in total. The Hall–Kier alpha value is -2.15. The molecule has 25 heavy (non-hydrogen) atoms. The van der Waals surface area contributed by atoms with E-state index in [1.165, 1.54) is 0 Å². The summed E-state index contributed by atoms with van der Waals surface area (Å²) in [6.07, 6.45) is 3.69. The molecule has 0 aliphatic carbocycles. The van der Waals surface area contributed by atoms with E-state index in [2.05, 4.69) is 10.4 Å². The van der Waals surface area contributed by atoms with Gasteiger partial charge in [-0.05, 0) is 44.0 Å². The van der Waals surface area contributed by atoms with Crippen molar-refractivity contribution < 1.29 is 13.2 Å². The topological polar surface area (TPSA) is 81.1 Å². The zero-order valence-electron chi connectivity index (χ0n) is 14.5. The Morgan fingerprint density at radius 1 is 1.28 bits per heavy atom. The third kappa shape index (κ3) is 3.92. The summed E-state index contributed by atoms with van der Waals surface area (Å²) in [5.41, 5.74) is 1.95. The van der Waals surface area contributed by atoms with Crippen molar-refractivity contribution in [2.75, 3.05) is 0 Å². The monoisotopic (exact) mass is 361 g/mol. The highest BCUT2D eigenvalue weighted by Gasteiger charge is 2.21. The van der Waals surface area contributed by atoms with E-state index in [1.807, 2.05) is 10.7 Å². The molecule has 0 saturated carbocycles. The van der Waals surface area contributed by atoms with Crippen molar-refractivity contribution in [2.45, 2.75) is 55.8 Å². The maximum absolute atomic E-state index is 12.3. The van der Waals surface area contributed by atoms with Gasteiger partial charge in [0.05, 0.1) is 16.6 Å². The number of carbonyl (C=O) groups excluding carboxylic acids is 1. The van der Waals surface area contributed by atoms with Crippen LogP contribution in [0.2, 0.25) is 0 Å². The number of nitrogens with one attached hydrogen (secondary N) is 1. The summed E-state index contributed by atoms with van der Waals surface area (Å²) in [4.78, 5) is 12.6. The number of hydrogen-bond donors (Lipinski definition) is 1. The molecule has 1 aliphatic heterocycles. The minimum atomic E-state index is -3.28. The van der Waals surface area contributed by atoms with Crippen molar-refractivity contribution in [2.24, 2.45) is 0 Å². The molecule has 7 heteroatoms. The van der Waals surface area contributed by atoms with Gasteiger partial charge in [0.25, 0.3) is 0 Å². The van der Waals surface area contributed by atoms with Gasteiger partial charge in [0.1, 0.15) is 0 Å². The van der Waals surface area contributed by atoms with Crippen LogP contribution in [0.4, 0.5) is 0 Å². The van der Waals surface area contributed by atoms with E-state index in [0.717, 1.165) is 30.6 Å². The third-order valence-electron chi connectivity index (χ3n) is 4.55. The summed E-state index contributed by atoms with van der Waals surface area (Å²) in [7, 11) is -3.28. The number of fused-ring (bicyclic) bond motifs is 1. The van der Waals surface area contributed by atoms with Crippen molar-refractivity contribution in [3.8, 4) is 0 Å². The minimum Gasteiger partial charge on any atom is -0.353 e. The fourth-order valence-electron chi connectivity index (χ4n) is 3.02. The molecule has 0 spiro atoms. The smallest absolute Gasteiger partial charge is 0.224 e. The van der Waals surface area contributed by atoms with Gasteiger partial charge in [0.15, 0.2) is 9.84 Å². The van der Waals surface area contributed by atoms with E-state index in [4.69, 9.17) is 0 Å². The minimum absolute atomic E-state index is 0.0440. The van der Waals surface area contributed by atoms with Gasteiger partial charge in [-0.15, -0.1) is 0 Å². The van der Waals surface area contributed by atoms with Crippen molar-refractivity contribution in [1.29, 1.82) is 0 Å². The first kappa shape index (κ1) is 17.7. The number of rotatable bonds is 5. The molecule has 1 amide bonds. The van der Waals surface area contributed by atoms with E-state index in [-0.39, 0.29) is 18.4 Å². The fourth-order valence-corrected chi connectivity index (χ4v) is 4.08. The summed E-state index contributed by atoms with van der Waals surface area (Å²) >= 11 is 0. The first-order valence-electron chi connectivity index (χ1n) is 8.49. The van der Waals surface area contributed by atoms with Crippen LogP contribution >= 0.6 is 0 Å². The molecule has 134 valence electrons. The zero-order chi connectivity index (χ0) is 18.0. The van der Waals surface area contributed by atoms with Crippen molar-refractivity contribution in [1.82, 2.24) is 15.1 Å². The first-order valence-corrected chi connectivity index (χ1v) is 10.0. The Balaban J connectivity index is 1.58. The molecular formula is C18H23N3O3S. The maximum Gasteiger partial charge on any atom is 0.224 e. The van der Waals surface area contributed by atoms with Crippen LogP contribution in [0.3, 0.4) is 0 Å². The maximum atomic E-state index is 12.3.